The van der Waals surface area contributed by atoms with Crippen molar-refractivity contribution >= 4 is 29.2 Å². The van der Waals surface area contributed by atoms with Crippen LogP contribution in [0.5, 0.6) is 0 Å². The van der Waals surface area contributed by atoms with Gasteiger partial charge in [0.05, 0.1) is 0 Å². The summed E-state index contributed by atoms with van der Waals surface area (Å²) in [5, 5.41) is 9.75. The van der Waals surface area contributed by atoms with Crippen LogP contribution in [0.25, 0.3) is 0 Å². The van der Waals surface area contributed by atoms with Crippen molar-refractivity contribution in [3.8, 4) is 0 Å². The van der Waals surface area contributed by atoms with Crippen LogP contribution < -0.4 is 0 Å². The maximum atomic E-state index is 10.7. The Morgan fingerprint density at radius 1 is 1.05 bits per heavy atom. The monoisotopic (exact) mass is 310 g/mol. The largest absolute Gasteiger partial charge is 0.480 e. The second-order valence-corrected chi connectivity index (χ2v) is 5.07. The van der Waals surface area contributed by atoms with Crippen LogP contribution in [0.4, 0.5) is 0 Å². The lowest BCUT2D eigenvalue weighted by atomic mass is 10.0. The molecule has 2 aromatic carbocycles. The summed E-state index contributed by atoms with van der Waals surface area (Å²) in [5.41, 5.74) is 1.56. The zero-order chi connectivity index (χ0) is 14.5. The molecule has 104 valence electrons. The van der Waals surface area contributed by atoms with Crippen molar-refractivity contribution in [3.05, 3.63) is 69.7 Å². The average Bonchev–Trinajstić information content (AvgIpc) is 2.38. The fraction of sp³-hybridized carbons (Fsp3) is 0.133. The van der Waals surface area contributed by atoms with Crippen LogP contribution in [-0.2, 0) is 9.53 Å². The van der Waals surface area contributed by atoms with Crippen molar-refractivity contribution in [2.75, 3.05) is 6.61 Å². The number of hydrogen-bond donors (Lipinski definition) is 1. The molecule has 1 atom stereocenters. The van der Waals surface area contributed by atoms with Gasteiger partial charge in [0.15, 0.2) is 0 Å². The van der Waals surface area contributed by atoms with Gasteiger partial charge >= 0.3 is 5.97 Å². The van der Waals surface area contributed by atoms with E-state index in [1.54, 1.807) is 18.2 Å². The number of halogens is 2. The molecule has 0 amide bonds. The lowest BCUT2D eigenvalue weighted by Gasteiger charge is -2.18. The van der Waals surface area contributed by atoms with Gasteiger partial charge in [-0.1, -0.05) is 53.5 Å². The highest BCUT2D eigenvalue weighted by Crippen LogP contribution is 2.30. The van der Waals surface area contributed by atoms with Gasteiger partial charge in [-0.05, 0) is 29.3 Å². The molecule has 0 aliphatic heterocycles. The topological polar surface area (TPSA) is 46.5 Å². The molecule has 0 saturated heterocycles. The minimum atomic E-state index is -1.03. The second kappa shape index (κ2) is 6.75. The molecule has 5 heteroatoms. The highest BCUT2D eigenvalue weighted by Gasteiger charge is 2.17. The van der Waals surface area contributed by atoms with Crippen molar-refractivity contribution in [1.82, 2.24) is 0 Å². The minimum absolute atomic E-state index is 0.399. The smallest absolute Gasteiger partial charge is 0.329 e. The number of carboxylic acid groups (broad SMARTS) is 1. The molecular formula is C15H12Cl2O3. The van der Waals surface area contributed by atoms with Gasteiger partial charge in [0.1, 0.15) is 12.7 Å². The van der Waals surface area contributed by atoms with E-state index in [-0.39, 0.29) is 0 Å². The lowest BCUT2D eigenvalue weighted by Crippen LogP contribution is -2.13. The molecule has 0 saturated carbocycles. The maximum Gasteiger partial charge on any atom is 0.329 e. The molecule has 0 aliphatic rings. The van der Waals surface area contributed by atoms with Crippen LogP contribution in [0, 0.1) is 0 Å². The van der Waals surface area contributed by atoms with Crippen molar-refractivity contribution < 1.29 is 14.6 Å². The Morgan fingerprint density at radius 3 is 2.20 bits per heavy atom. The Balaban J connectivity index is 2.37. The first-order chi connectivity index (χ1) is 9.56. The number of carboxylic acids is 1. The van der Waals surface area contributed by atoms with Crippen LogP contribution in [0.2, 0.25) is 10.0 Å². The first-order valence-electron chi connectivity index (χ1n) is 5.90. The minimum Gasteiger partial charge on any atom is -0.480 e. The quantitative estimate of drug-likeness (QED) is 0.901. The number of rotatable bonds is 5. The summed E-state index contributed by atoms with van der Waals surface area (Å²) < 4.78 is 5.47. The highest BCUT2D eigenvalue weighted by molar-refractivity contribution is 6.34. The van der Waals surface area contributed by atoms with Crippen molar-refractivity contribution in [1.29, 1.82) is 0 Å². The van der Waals surface area contributed by atoms with Gasteiger partial charge in [0.2, 0.25) is 0 Å². The fourth-order valence-electron chi connectivity index (χ4n) is 1.89. The predicted octanol–water partition coefficient (Wildman–Crippen LogP) is 4.18. The van der Waals surface area contributed by atoms with Crippen molar-refractivity contribution in [2.24, 2.45) is 0 Å². The van der Waals surface area contributed by atoms with Gasteiger partial charge in [-0.25, -0.2) is 4.79 Å². The number of benzene rings is 2. The molecule has 20 heavy (non-hydrogen) atoms. The first-order valence-corrected chi connectivity index (χ1v) is 6.66. The third-order valence-electron chi connectivity index (χ3n) is 2.66. The van der Waals surface area contributed by atoms with E-state index in [2.05, 4.69) is 0 Å². The Hall–Kier alpha value is -1.55. The molecule has 0 bridgehead atoms. The molecule has 0 aromatic heterocycles. The summed E-state index contributed by atoms with van der Waals surface area (Å²) in [6.45, 7) is -0.399. The molecule has 0 aliphatic carbocycles. The van der Waals surface area contributed by atoms with E-state index in [1.165, 1.54) is 0 Å². The summed E-state index contributed by atoms with van der Waals surface area (Å²) in [6.07, 6.45) is -0.525. The van der Waals surface area contributed by atoms with E-state index in [1.807, 2.05) is 30.3 Å². The molecule has 0 spiro atoms. The van der Waals surface area contributed by atoms with Crippen LogP contribution in [0.1, 0.15) is 17.2 Å². The van der Waals surface area contributed by atoms with Gasteiger partial charge in [-0.2, -0.15) is 0 Å². The van der Waals surface area contributed by atoms with Gasteiger partial charge in [-0.3, -0.25) is 0 Å². The molecular weight excluding hydrogens is 299 g/mol. The highest BCUT2D eigenvalue weighted by atomic mass is 35.5. The molecule has 0 heterocycles. The van der Waals surface area contributed by atoms with E-state index in [9.17, 15) is 4.79 Å². The third-order valence-corrected chi connectivity index (χ3v) is 3.10. The molecule has 2 aromatic rings. The van der Waals surface area contributed by atoms with Crippen molar-refractivity contribution in [2.45, 2.75) is 6.10 Å². The normalized spacial score (nSPS) is 12.1. The zero-order valence-corrected chi connectivity index (χ0v) is 11.9. The van der Waals surface area contributed by atoms with E-state index in [0.29, 0.717) is 10.0 Å². The second-order valence-electron chi connectivity index (χ2n) is 4.20. The number of hydrogen-bond acceptors (Lipinski definition) is 2. The van der Waals surface area contributed by atoms with Gasteiger partial charge < -0.3 is 9.84 Å². The fourth-order valence-corrected chi connectivity index (χ4v) is 2.44. The van der Waals surface area contributed by atoms with Gasteiger partial charge in [0.25, 0.3) is 0 Å². The zero-order valence-electron chi connectivity index (χ0n) is 10.4. The van der Waals surface area contributed by atoms with E-state index in [4.69, 9.17) is 33.0 Å². The number of carbonyl (C=O) groups is 1. The summed E-state index contributed by atoms with van der Waals surface area (Å²) in [5.74, 6) is -1.03. The molecule has 0 radical (unpaired) electrons. The maximum absolute atomic E-state index is 10.7. The average molecular weight is 311 g/mol. The number of aliphatic carboxylic acids is 1. The van der Waals surface area contributed by atoms with Crippen molar-refractivity contribution in [3.63, 3.8) is 0 Å². The summed E-state index contributed by atoms with van der Waals surface area (Å²) >= 11 is 12.0. The van der Waals surface area contributed by atoms with E-state index >= 15 is 0 Å². The van der Waals surface area contributed by atoms with Crippen LogP contribution in [0.15, 0.2) is 48.5 Å². The SMILES string of the molecule is O=C(O)COC(c1ccccc1)c1cc(Cl)cc(Cl)c1. The Morgan fingerprint density at radius 2 is 1.65 bits per heavy atom. The molecule has 2 rings (SSSR count). The number of ether oxygens (including phenoxy) is 1. The Bertz CT molecular complexity index is 579. The predicted molar refractivity (Wildman–Crippen MR) is 78.3 cm³/mol. The molecule has 1 unspecified atom stereocenters. The Kier molecular flexibility index (Phi) is 5.01. The summed E-state index contributed by atoms with van der Waals surface area (Å²) in [7, 11) is 0. The standard InChI is InChI=1S/C15H12Cl2O3/c16-12-6-11(7-13(17)8-12)15(20-9-14(18)19)10-4-2-1-3-5-10/h1-8,15H,9H2,(H,18,19). The summed E-state index contributed by atoms with van der Waals surface area (Å²) in [4.78, 5) is 10.7. The molecule has 3 nitrogen and oxygen atoms in total. The van der Waals surface area contributed by atoms with Gasteiger partial charge in [-0.15, -0.1) is 0 Å². The lowest BCUT2D eigenvalue weighted by molar-refractivity contribution is -0.143. The first kappa shape index (κ1) is 14.9. The third kappa shape index (κ3) is 3.97. The van der Waals surface area contributed by atoms with Crippen LogP contribution in [-0.4, -0.2) is 17.7 Å². The molecule has 0 fully saturated rings. The Labute approximate surface area is 126 Å². The van der Waals surface area contributed by atoms with Crippen LogP contribution in [0.3, 0.4) is 0 Å². The van der Waals surface area contributed by atoms with Crippen LogP contribution >= 0.6 is 23.2 Å². The van der Waals surface area contributed by atoms with E-state index in [0.717, 1.165) is 11.1 Å². The summed E-state index contributed by atoms with van der Waals surface area (Å²) in [6, 6.07) is 14.4. The van der Waals surface area contributed by atoms with Gasteiger partial charge in [0, 0.05) is 10.0 Å². The molecule has 1 N–H and O–H groups in total. The van der Waals surface area contributed by atoms with E-state index < -0.39 is 18.7 Å².